The molecule has 0 spiro atoms. The van der Waals surface area contributed by atoms with Gasteiger partial charge in [0.25, 0.3) is 0 Å². The molecule has 1 atom stereocenters. The highest BCUT2D eigenvalue weighted by Gasteiger charge is 2.25. The molecule has 22 heavy (non-hydrogen) atoms. The standard InChI is InChI=1S/C14H23N5O.2ClH/c20-14(7-15-6-12-3-4-12)18-5-1-2-13(8-18)9-19-11-16-10-17-19;;/h10-13,15H,1-9H2;2*1H. The summed E-state index contributed by atoms with van der Waals surface area (Å²) < 4.78 is 1.87. The number of piperidine rings is 1. The van der Waals surface area contributed by atoms with E-state index in [-0.39, 0.29) is 30.7 Å². The number of hydrogen-bond acceptors (Lipinski definition) is 4. The van der Waals surface area contributed by atoms with Gasteiger partial charge in [-0.05, 0) is 44.1 Å². The maximum absolute atomic E-state index is 12.2. The van der Waals surface area contributed by atoms with Crippen LogP contribution in [-0.2, 0) is 11.3 Å². The predicted molar refractivity (Wildman–Crippen MR) is 89.4 cm³/mol. The Morgan fingerprint density at radius 1 is 1.23 bits per heavy atom. The fourth-order valence-corrected chi connectivity index (χ4v) is 2.85. The van der Waals surface area contributed by atoms with Crippen molar-refractivity contribution in [1.29, 1.82) is 0 Å². The Morgan fingerprint density at radius 2 is 2.05 bits per heavy atom. The number of likely N-dealkylation sites (tertiary alicyclic amines) is 1. The first-order valence-corrected chi connectivity index (χ1v) is 7.62. The summed E-state index contributed by atoms with van der Waals surface area (Å²) in [4.78, 5) is 18.1. The second-order valence-corrected chi connectivity index (χ2v) is 6.04. The molecule has 2 heterocycles. The molecular formula is C14H25Cl2N5O. The van der Waals surface area contributed by atoms with Crippen molar-refractivity contribution < 1.29 is 4.79 Å². The van der Waals surface area contributed by atoms with Crippen LogP contribution >= 0.6 is 24.8 Å². The molecule has 1 amide bonds. The van der Waals surface area contributed by atoms with Crippen LogP contribution in [0.2, 0.25) is 0 Å². The SMILES string of the molecule is Cl.Cl.O=C(CNCC1CC1)N1CCCC(Cn2cncn2)C1. The van der Waals surface area contributed by atoms with E-state index >= 15 is 0 Å². The lowest BCUT2D eigenvalue weighted by molar-refractivity contribution is -0.132. The van der Waals surface area contributed by atoms with Crippen LogP contribution < -0.4 is 5.32 Å². The van der Waals surface area contributed by atoms with Crippen molar-refractivity contribution in [3.05, 3.63) is 12.7 Å². The first kappa shape index (κ1) is 19.2. The van der Waals surface area contributed by atoms with E-state index in [0.717, 1.165) is 38.5 Å². The average Bonchev–Trinajstić information content (AvgIpc) is 3.14. The normalized spacial score (nSPS) is 20.9. The Morgan fingerprint density at radius 3 is 2.73 bits per heavy atom. The van der Waals surface area contributed by atoms with E-state index in [4.69, 9.17) is 0 Å². The van der Waals surface area contributed by atoms with Crippen LogP contribution in [0.1, 0.15) is 25.7 Å². The van der Waals surface area contributed by atoms with E-state index in [1.54, 1.807) is 12.7 Å². The van der Waals surface area contributed by atoms with Gasteiger partial charge in [0, 0.05) is 19.6 Å². The van der Waals surface area contributed by atoms with E-state index in [1.165, 1.54) is 19.3 Å². The smallest absolute Gasteiger partial charge is 0.236 e. The summed E-state index contributed by atoms with van der Waals surface area (Å²) in [6, 6.07) is 0. The van der Waals surface area contributed by atoms with Gasteiger partial charge in [0.1, 0.15) is 12.7 Å². The molecule has 3 rings (SSSR count). The van der Waals surface area contributed by atoms with E-state index in [1.807, 2.05) is 9.58 Å². The molecule has 126 valence electrons. The molecule has 1 N–H and O–H groups in total. The Kier molecular flexibility index (Phi) is 8.14. The molecule has 1 saturated heterocycles. The van der Waals surface area contributed by atoms with E-state index in [2.05, 4.69) is 15.4 Å². The molecule has 1 aliphatic heterocycles. The summed E-state index contributed by atoms with van der Waals surface area (Å²) in [5, 5.41) is 7.43. The Hall–Kier alpha value is -0.850. The van der Waals surface area contributed by atoms with E-state index in [9.17, 15) is 4.79 Å². The predicted octanol–water partition coefficient (Wildman–Crippen LogP) is 1.36. The minimum atomic E-state index is 0. The van der Waals surface area contributed by atoms with Crippen LogP contribution in [0.5, 0.6) is 0 Å². The maximum Gasteiger partial charge on any atom is 0.236 e. The molecule has 0 radical (unpaired) electrons. The van der Waals surface area contributed by atoms with Crippen molar-refractivity contribution >= 4 is 30.7 Å². The molecule has 1 aromatic heterocycles. The lowest BCUT2D eigenvalue weighted by Gasteiger charge is -2.32. The number of carbonyl (C=O) groups excluding carboxylic acids is 1. The summed E-state index contributed by atoms with van der Waals surface area (Å²) in [7, 11) is 0. The van der Waals surface area contributed by atoms with Crippen molar-refractivity contribution in [2.45, 2.75) is 32.2 Å². The van der Waals surface area contributed by atoms with Crippen molar-refractivity contribution in [2.24, 2.45) is 11.8 Å². The fraction of sp³-hybridized carbons (Fsp3) is 0.786. The number of hydrogen-bond donors (Lipinski definition) is 1. The summed E-state index contributed by atoms with van der Waals surface area (Å²) in [5.41, 5.74) is 0. The zero-order chi connectivity index (χ0) is 13.8. The monoisotopic (exact) mass is 349 g/mol. The molecule has 2 fully saturated rings. The topological polar surface area (TPSA) is 63.1 Å². The van der Waals surface area contributed by atoms with Gasteiger partial charge in [-0.15, -0.1) is 24.8 Å². The lowest BCUT2D eigenvalue weighted by Crippen LogP contribution is -2.45. The number of halogens is 2. The molecule has 0 bridgehead atoms. The lowest BCUT2D eigenvalue weighted by atomic mass is 9.98. The number of nitrogens with zero attached hydrogens (tertiary/aromatic N) is 4. The van der Waals surface area contributed by atoms with Crippen LogP contribution in [-0.4, -0.2) is 51.8 Å². The highest BCUT2D eigenvalue weighted by Crippen LogP contribution is 2.27. The third-order valence-electron chi connectivity index (χ3n) is 4.19. The van der Waals surface area contributed by atoms with Crippen LogP contribution in [0.15, 0.2) is 12.7 Å². The van der Waals surface area contributed by atoms with Crippen LogP contribution in [0.25, 0.3) is 0 Å². The van der Waals surface area contributed by atoms with Crippen molar-refractivity contribution in [3.63, 3.8) is 0 Å². The number of aromatic nitrogens is 3. The van der Waals surface area contributed by atoms with Gasteiger partial charge in [0.15, 0.2) is 0 Å². The number of amides is 1. The van der Waals surface area contributed by atoms with E-state index < -0.39 is 0 Å². The minimum Gasteiger partial charge on any atom is -0.341 e. The third kappa shape index (κ3) is 5.74. The molecule has 1 aromatic rings. The third-order valence-corrected chi connectivity index (χ3v) is 4.19. The highest BCUT2D eigenvalue weighted by atomic mass is 35.5. The molecular weight excluding hydrogens is 325 g/mol. The fourth-order valence-electron chi connectivity index (χ4n) is 2.85. The zero-order valence-corrected chi connectivity index (χ0v) is 14.3. The molecule has 1 saturated carbocycles. The largest absolute Gasteiger partial charge is 0.341 e. The number of rotatable bonds is 6. The highest BCUT2D eigenvalue weighted by molar-refractivity contribution is 5.85. The van der Waals surface area contributed by atoms with Gasteiger partial charge in [-0.2, -0.15) is 5.10 Å². The van der Waals surface area contributed by atoms with Crippen molar-refractivity contribution in [2.75, 3.05) is 26.2 Å². The zero-order valence-electron chi connectivity index (χ0n) is 12.7. The minimum absolute atomic E-state index is 0. The van der Waals surface area contributed by atoms with Crippen LogP contribution in [0.3, 0.4) is 0 Å². The van der Waals surface area contributed by atoms with Gasteiger partial charge in [-0.1, -0.05) is 0 Å². The van der Waals surface area contributed by atoms with Gasteiger partial charge < -0.3 is 10.2 Å². The summed E-state index contributed by atoms with van der Waals surface area (Å²) in [6.45, 7) is 4.11. The summed E-state index contributed by atoms with van der Waals surface area (Å²) in [5.74, 6) is 1.57. The van der Waals surface area contributed by atoms with Crippen molar-refractivity contribution in [1.82, 2.24) is 25.0 Å². The Balaban J connectivity index is 0.00000121. The quantitative estimate of drug-likeness (QED) is 0.842. The summed E-state index contributed by atoms with van der Waals surface area (Å²) in [6.07, 6.45) is 8.22. The molecule has 8 heteroatoms. The molecule has 0 aromatic carbocycles. The molecule has 6 nitrogen and oxygen atoms in total. The Labute approximate surface area is 143 Å². The van der Waals surface area contributed by atoms with Gasteiger partial charge in [-0.3, -0.25) is 9.48 Å². The summed E-state index contributed by atoms with van der Waals surface area (Å²) >= 11 is 0. The van der Waals surface area contributed by atoms with Crippen molar-refractivity contribution in [3.8, 4) is 0 Å². The first-order valence-electron chi connectivity index (χ1n) is 7.62. The van der Waals surface area contributed by atoms with Gasteiger partial charge >= 0.3 is 0 Å². The van der Waals surface area contributed by atoms with E-state index in [0.29, 0.717) is 12.5 Å². The van der Waals surface area contributed by atoms with Gasteiger partial charge in [0.05, 0.1) is 6.54 Å². The van der Waals surface area contributed by atoms with Gasteiger partial charge in [-0.25, -0.2) is 4.98 Å². The van der Waals surface area contributed by atoms with Crippen LogP contribution in [0, 0.1) is 11.8 Å². The second kappa shape index (κ2) is 9.33. The van der Waals surface area contributed by atoms with Gasteiger partial charge in [0.2, 0.25) is 5.91 Å². The average molecular weight is 350 g/mol. The molecule has 1 unspecified atom stereocenters. The second-order valence-electron chi connectivity index (χ2n) is 6.04. The number of carbonyl (C=O) groups is 1. The number of nitrogens with one attached hydrogen (secondary N) is 1. The maximum atomic E-state index is 12.2. The Bertz CT molecular complexity index is 438. The molecule has 1 aliphatic carbocycles. The van der Waals surface area contributed by atoms with Crippen LogP contribution in [0.4, 0.5) is 0 Å². The first-order chi connectivity index (χ1) is 9.81. The molecule has 2 aliphatic rings.